The van der Waals surface area contributed by atoms with E-state index in [2.05, 4.69) is 0 Å². The number of benzene rings is 3. The van der Waals surface area contributed by atoms with Gasteiger partial charge in [-0.3, -0.25) is 0 Å². The lowest BCUT2D eigenvalue weighted by molar-refractivity contribution is 1.36. The van der Waals surface area contributed by atoms with E-state index in [0.29, 0.717) is 0 Å². The van der Waals surface area contributed by atoms with Crippen molar-refractivity contribution in [2.75, 3.05) is 22.9 Å². The van der Waals surface area contributed by atoms with Crippen molar-refractivity contribution in [3.8, 4) is 0 Å². The summed E-state index contributed by atoms with van der Waals surface area (Å²) in [6, 6.07) is 4.03. The van der Waals surface area contributed by atoms with E-state index in [4.69, 9.17) is 22.9 Å². The third kappa shape index (κ3) is 1.64. The van der Waals surface area contributed by atoms with Crippen molar-refractivity contribution in [1.29, 1.82) is 0 Å². The molecule has 0 aliphatic rings. The van der Waals surface area contributed by atoms with Crippen LogP contribution in [-0.4, -0.2) is 0 Å². The first-order chi connectivity index (χ1) is 10.3. The molecular weight excluding hydrogens is 272 g/mol. The minimum absolute atomic E-state index is 0.750. The van der Waals surface area contributed by atoms with Crippen molar-refractivity contribution in [1.82, 2.24) is 0 Å². The number of anilines is 4. The molecule has 3 rings (SSSR count). The van der Waals surface area contributed by atoms with Crippen LogP contribution in [0.1, 0.15) is 22.3 Å². The van der Waals surface area contributed by atoms with Crippen molar-refractivity contribution in [3.63, 3.8) is 0 Å². The number of hydrogen-bond donors (Lipinski definition) is 4. The Balaban J connectivity index is 2.64. The van der Waals surface area contributed by atoms with Crippen molar-refractivity contribution in [2.24, 2.45) is 0 Å². The number of rotatable bonds is 0. The molecule has 0 heterocycles. The van der Waals surface area contributed by atoms with E-state index in [1.807, 2.05) is 39.8 Å². The summed E-state index contributed by atoms with van der Waals surface area (Å²) in [5.74, 6) is 0. The first-order valence-electron chi connectivity index (χ1n) is 7.31. The van der Waals surface area contributed by atoms with Gasteiger partial charge in [-0.1, -0.05) is 0 Å². The lowest BCUT2D eigenvalue weighted by Gasteiger charge is -2.18. The molecule has 22 heavy (non-hydrogen) atoms. The molecule has 0 radical (unpaired) electrons. The zero-order valence-corrected chi connectivity index (χ0v) is 13.5. The van der Waals surface area contributed by atoms with E-state index in [1.165, 1.54) is 0 Å². The van der Waals surface area contributed by atoms with Crippen LogP contribution in [0.2, 0.25) is 0 Å². The normalized spacial score (nSPS) is 11.5. The molecule has 0 saturated carbocycles. The summed E-state index contributed by atoms with van der Waals surface area (Å²) in [6.45, 7) is 7.96. The van der Waals surface area contributed by atoms with E-state index in [1.54, 1.807) is 0 Å². The van der Waals surface area contributed by atoms with Crippen molar-refractivity contribution in [2.45, 2.75) is 27.7 Å². The van der Waals surface area contributed by atoms with Crippen LogP contribution in [0.3, 0.4) is 0 Å². The van der Waals surface area contributed by atoms with E-state index in [-0.39, 0.29) is 0 Å². The van der Waals surface area contributed by atoms with E-state index in [9.17, 15) is 0 Å². The van der Waals surface area contributed by atoms with E-state index in [0.717, 1.165) is 66.5 Å². The van der Waals surface area contributed by atoms with E-state index >= 15 is 0 Å². The van der Waals surface area contributed by atoms with Gasteiger partial charge in [-0.2, -0.15) is 0 Å². The Bertz CT molecular complexity index is 802. The average molecular weight is 294 g/mol. The molecule has 0 aromatic heterocycles. The second-order valence-electron chi connectivity index (χ2n) is 6.10. The minimum Gasteiger partial charge on any atom is -0.398 e. The molecule has 3 aromatic carbocycles. The van der Waals surface area contributed by atoms with Gasteiger partial charge in [0.05, 0.1) is 0 Å². The van der Waals surface area contributed by atoms with Crippen LogP contribution in [0.15, 0.2) is 12.1 Å². The molecule has 4 nitrogen and oxygen atoms in total. The quantitative estimate of drug-likeness (QED) is 0.376. The summed E-state index contributed by atoms with van der Waals surface area (Å²) < 4.78 is 0. The maximum atomic E-state index is 6.31. The fraction of sp³-hybridized carbons (Fsp3) is 0.222. The molecule has 0 aliphatic heterocycles. The van der Waals surface area contributed by atoms with Crippen LogP contribution in [-0.2, 0) is 0 Å². The Kier molecular flexibility index (Phi) is 2.89. The Morgan fingerprint density at radius 3 is 0.818 bits per heavy atom. The summed E-state index contributed by atoms with van der Waals surface area (Å²) in [7, 11) is 0. The largest absolute Gasteiger partial charge is 0.398 e. The van der Waals surface area contributed by atoms with Crippen LogP contribution >= 0.6 is 0 Å². The maximum absolute atomic E-state index is 6.31. The molecule has 114 valence electrons. The van der Waals surface area contributed by atoms with E-state index < -0.39 is 0 Å². The molecule has 0 fully saturated rings. The Hall–Kier alpha value is -2.62. The zero-order valence-electron chi connectivity index (χ0n) is 13.5. The van der Waals surface area contributed by atoms with Crippen molar-refractivity contribution >= 4 is 44.3 Å². The highest BCUT2D eigenvalue weighted by atomic mass is 14.6. The fourth-order valence-corrected chi connectivity index (χ4v) is 3.11. The highest BCUT2D eigenvalue weighted by molar-refractivity contribution is 6.15. The second kappa shape index (κ2) is 4.44. The van der Waals surface area contributed by atoms with Gasteiger partial charge in [-0.25, -0.2) is 0 Å². The van der Waals surface area contributed by atoms with Gasteiger partial charge in [-0.05, 0) is 62.1 Å². The van der Waals surface area contributed by atoms with Gasteiger partial charge in [0.15, 0.2) is 0 Å². The molecule has 4 heteroatoms. The third-order valence-corrected chi connectivity index (χ3v) is 5.06. The summed E-state index contributed by atoms with van der Waals surface area (Å²) in [5.41, 5.74) is 32.3. The molecule has 0 amide bonds. The Labute approximate surface area is 130 Å². The first-order valence-corrected chi connectivity index (χ1v) is 7.31. The maximum Gasteiger partial charge on any atom is 0.0427 e. The first kappa shape index (κ1) is 14.3. The number of nitrogen functional groups attached to an aromatic ring is 4. The van der Waals surface area contributed by atoms with Gasteiger partial charge in [0.1, 0.15) is 0 Å². The molecule has 0 aliphatic carbocycles. The van der Waals surface area contributed by atoms with Crippen LogP contribution in [0.4, 0.5) is 22.7 Å². The predicted molar refractivity (Wildman–Crippen MR) is 98.1 cm³/mol. The summed E-state index contributed by atoms with van der Waals surface area (Å²) in [4.78, 5) is 0. The monoisotopic (exact) mass is 294 g/mol. The molecule has 3 aromatic rings. The molecule has 0 spiro atoms. The molecule has 0 unspecified atom stereocenters. The zero-order chi connectivity index (χ0) is 16.3. The van der Waals surface area contributed by atoms with Crippen LogP contribution in [0.25, 0.3) is 21.5 Å². The van der Waals surface area contributed by atoms with Gasteiger partial charge >= 0.3 is 0 Å². The standard InChI is InChI=1S/C18H22N4/c1-7-8(2)16(20)12-6-14-13(5-11(12)15(7)19)17(21)9(3)10(4)18(14)22/h5-6H,19-22H2,1-4H3. The van der Waals surface area contributed by atoms with Crippen LogP contribution in [0.5, 0.6) is 0 Å². The Morgan fingerprint density at radius 1 is 0.455 bits per heavy atom. The summed E-state index contributed by atoms with van der Waals surface area (Å²) in [5, 5.41) is 3.73. The highest BCUT2D eigenvalue weighted by Gasteiger charge is 2.15. The van der Waals surface area contributed by atoms with Crippen molar-refractivity contribution in [3.05, 3.63) is 34.4 Å². The lowest BCUT2D eigenvalue weighted by Crippen LogP contribution is -2.03. The van der Waals surface area contributed by atoms with Crippen LogP contribution in [0, 0.1) is 27.7 Å². The van der Waals surface area contributed by atoms with Crippen LogP contribution < -0.4 is 22.9 Å². The lowest BCUT2D eigenvalue weighted by atomic mass is 9.91. The van der Waals surface area contributed by atoms with Gasteiger partial charge in [0.25, 0.3) is 0 Å². The number of fused-ring (bicyclic) bond motifs is 2. The molecule has 0 saturated heterocycles. The topological polar surface area (TPSA) is 104 Å². The Morgan fingerprint density at radius 2 is 0.636 bits per heavy atom. The SMILES string of the molecule is Cc1c(C)c(N)c2cc3c(N)c(C)c(C)c(N)c3cc2c1N. The predicted octanol–water partition coefficient (Wildman–Crippen LogP) is 3.56. The average Bonchev–Trinajstić information content (AvgIpc) is 2.52. The highest BCUT2D eigenvalue weighted by Crippen LogP contribution is 2.41. The fourth-order valence-electron chi connectivity index (χ4n) is 3.11. The smallest absolute Gasteiger partial charge is 0.0427 e. The summed E-state index contributed by atoms with van der Waals surface area (Å²) >= 11 is 0. The molecular formula is C18H22N4. The molecule has 0 bridgehead atoms. The van der Waals surface area contributed by atoms with Gasteiger partial charge < -0.3 is 22.9 Å². The second-order valence-corrected chi connectivity index (χ2v) is 6.10. The summed E-state index contributed by atoms with van der Waals surface area (Å²) in [6.07, 6.45) is 0. The third-order valence-electron chi connectivity index (χ3n) is 5.06. The number of nitrogens with two attached hydrogens (primary N) is 4. The van der Waals surface area contributed by atoms with Gasteiger partial charge in [0.2, 0.25) is 0 Å². The van der Waals surface area contributed by atoms with Gasteiger partial charge in [0, 0.05) is 44.3 Å². The molecule has 8 N–H and O–H groups in total. The van der Waals surface area contributed by atoms with Gasteiger partial charge in [-0.15, -0.1) is 0 Å². The number of hydrogen-bond acceptors (Lipinski definition) is 4. The molecule has 0 atom stereocenters. The van der Waals surface area contributed by atoms with Crippen molar-refractivity contribution < 1.29 is 0 Å². The minimum atomic E-state index is 0.750.